The van der Waals surface area contributed by atoms with E-state index in [4.69, 9.17) is 4.74 Å². The topological polar surface area (TPSA) is 29.5 Å². The van der Waals surface area contributed by atoms with E-state index < -0.39 is 11.4 Å². The van der Waals surface area contributed by atoms with Crippen LogP contribution in [0.2, 0.25) is 0 Å². The molecular formula is C14H20FNO2. The zero-order valence-electron chi connectivity index (χ0n) is 11.6. The summed E-state index contributed by atoms with van der Waals surface area (Å²) in [7, 11) is 5.08. The summed E-state index contributed by atoms with van der Waals surface area (Å²) in [6.07, 6.45) is 0.0637. The minimum Gasteiger partial charge on any atom is -0.494 e. The van der Waals surface area contributed by atoms with Gasteiger partial charge in [0.1, 0.15) is 0 Å². The average Bonchev–Trinajstić information content (AvgIpc) is 2.31. The first-order valence-corrected chi connectivity index (χ1v) is 5.82. The second kappa shape index (κ2) is 5.48. The number of rotatable bonds is 5. The highest BCUT2D eigenvalue weighted by molar-refractivity contribution is 5.89. The van der Waals surface area contributed by atoms with Crippen LogP contribution in [0.25, 0.3) is 0 Å². The van der Waals surface area contributed by atoms with Gasteiger partial charge in [0.05, 0.1) is 12.6 Å². The van der Waals surface area contributed by atoms with E-state index in [0.717, 1.165) is 0 Å². The summed E-state index contributed by atoms with van der Waals surface area (Å²) in [5.41, 5.74) is -0.246. The van der Waals surface area contributed by atoms with Gasteiger partial charge < -0.3 is 4.74 Å². The Kier molecular flexibility index (Phi) is 4.46. The van der Waals surface area contributed by atoms with E-state index >= 15 is 0 Å². The molecule has 0 atom stereocenters. The molecule has 0 amide bonds. The number of methoxy groups -OCH3 is 1. The van der Waals surface area contributed by atoms with Gasteiger partial charge in [-0.2, -0.15) is 0 Å². The van der Waals surface area contributed by atoms with Gasteiger partial charge in [0.2, 0.25) is 0 Å². The average molecular weight is 253 g/mol. The maximum Gasteiger partial charge on any atom is 0.168 e. The molecule has 3 nitrogen and oxygen atoms in total. The van der Waals surface area contributed by atoms with Gasteiger partial charge in [-0.05, 0) is 39.6 Å². The molecule has 0 aliphatic rings. The smallest absolute Gasteiger partial charge is 0.168 e. The maximum atomic E-state index is 13.9. The molecule has 1 aromatic carbocycles. The Morgan fingerprint density at radius 1 is 1.39 bits per heavy atom. The van der Waals surface area contributed by atoms with Crippen molar-refractivity contribution in [3.8, 4) is 5.75 Å². The van der Waals surface area contributed by atoms with Crippen LogP contribution in [0.1, 0.15) is 19.4 Å². The SMILES string of the molecule is COc1cccc(CC(=O)C(C)(C)N(C)C)c1F. The Hall–Kier alpha value is -1.42. The van der Waals surface area contributed by atoms with Crippen molar-refractivity contribution in [2.24, 2.45) is 0 Å². The van der Waals surface area contributed by atoms with Crippen molar-refractivity contribution in [3.05, 3.63) is 29.6 Å². The summed E-state index contributed by atoms with van der Waals surface area (Å²) in [6, 6.07) is 4.84. The minimum absolute atomic E-state index is 0.0281. The Morgan fingerprint density at radius 3 is 2.50 bits per heavy atom. The molecule has 0 fully saturated rings. The van der Waals surface area contributed by atoms with E-state index in [-0.39, 0.29) is 18.0 Å². The number of Topliss-reactive ketones (excluding diaryl/α,β-unsaturated/α-hetero) is 1. The van der Waals surface area contributed by atoms with Crippen LogP contribution in [-0.2, 0) is 11.2 Å². The minimum atomic E-state index is -0.616. The molecule has 18 heavy (non-hydrogen) atoms. The third-order valence-corrected chi connectivity index (χ3v) is 3.41. The van der Waals surface area contributed by atoms with Gasteiger partial charge in [-0.15, -0.1) is 0 Å². The zero-order chi connectivity index (χ0) is 13.9. The van der Waals surface area contributed by atoms with Crippen molar-refractivity contribution in [1.29, 1.82) is 0 Å². The molecule has 0 spiro atoms. The quantitative estimate of drug-likeness (QED) is 0.806. The van der Waals surface area contributed by atoms with E-state index in [1.54, 1.807) is 18.2 Å². The lowest BCUT2D eigenvalue weighted by Crippen LogP contribution is -2.46. The lowest BCUT2D eigenvalue weighted by molar-refractivity contribution is -0.127. The van der Waals surface area contributed by atoms with Crippen LogP contribution in [0.15, 0.2) is 18.2 Å². The van der Waals surface area contributed by atoms with Crippen LogP contribution in [0.4, 0.5) is 4.39 Å². The number of benzene rings is 1. The molecule has 0 N–H and O–H groups in total. The van der Waals surface area contributed by atoms with Gasteiger partial charge in [0.15, 0.2) is 17.3 Å². The van der Waals surface area contributed by atoms with Gasteiger partial charge >= 0.3 is 0 Å². The van der Waals surface area contributed by atoms with Crippen molar-refractivity contribution in [2.75, 3.05) is 21.2 Å². The van der Waals surface area contributed by atoms with E-state index in [9.17, 15) is 9.18 Å². The summed E-state index contributed by atoms with van der Waals surface area (Å²) in [6.45, 7) is 3.65. The second-order valence-electron chi connectivity index (χ2n) is 4.99. The number of hydrogen-bond donors (Lipinski definition) is 0. The molecule has 1 rings (SSSR count). The first kappa shape index (κ1) is 14.6. The van der Waals surface area contributed by atoms with Gasteiger partial charge in [0, 0.05) is 6.42 Å². The molecule has 0 aromatic heterocycles. The van der Waals surface area contributed by atoms with Crippen LogP contribution >= 0.6 is 0 Å². The highest BCUT2D eigenvalue weighted by Gasteiger charge is 2.30. The molecule has 4 heteroatoms. The molecule has 1 aromatic rings. The lowest BCUT2D eigenvalue weighted by atomic mass is 9.92. The van der Waals surface area contributed by atoms with E-state index in [1.165, 1.54) is 7.11 Å². The molecule has 0 heterocycles. The van der Waals surface area contributed by atoms with Gasteiger partial charge in [-0.3, -0.25) is 9.69 Å². The number of ketones is 1. The van der Waals surface area contributed by atoms with Crippen LogP contribution in [0, 0.1) is 5.82 Å². The van der Waals surface area contributed by atoms with Crippen molar-refractivity contribution in [1.82, 2.24) is 4.90 Å². The second-order valence-corrected chi connectivity index (χ2v) is 4.99. The number of ether oxygens (including phenoxy) is 1. The predicted octanol–water partition coefficient (Wildman–Crippen LogP) is 2.29. The summed E-state index contributed by atoms with van der Waals surface area (Å²) in [5.74, 6) is -0.314. The molecule has 0 aliphatic carbocycles. The van der Waals surface area contributed by atoms with Crippen molar-refractivity contribution < 1.29 is 13.9 Å². The van der Waals surface area contributed by atoms with Gasteiger partial charge in [-0.1, -0.05) is 12.1 Å². The summed E-state index contributed by atoms with van der Waals surface area (Å²) in [5, 5.41) is 0. The largest absolute Gasteiger partial charge is 0.494 e. The molecule has 0 saturated heterocycles. The number of carbonyl (C=O) groups is 1. The first-order valence-electron chi connectivity index (χ1n) is 5.82. The van der Waals surface area contributed by atoms with Crippen molar-refractivity contribution in [2.45, 2.75) is 25.8 Å². The lowest BCUT2D eigenvalue weighted by Gasteiger charge is -2.31. The third-order valence-electron chi connectivity index (χ3n) is 3.41. The highest BCUT2D eigenvalue weighted by Crippen LogP contribution is 2.22. The van der Waals surface area contributed by atoms with E-state index in [1.807, 2.05) is 32.8 Å². The highest BCUT2D eigenvalue weighted by atomic mass is 19.1. The van der Waals surface area contributed by atoms with Crippen LogP contribution in [0.5, 0.6) is 5.75 Å². The van der Waals surface area contributed by atoms with Crippen molar-refractivity contribution in [3.63, 3.8) is 0 Å². The molecule has 100 valence electrons. The number of hydrogen-bond acceptors (Lipinski definition) is 3. The molecular weight excluding hydrogens is 233 g/mol. The Bertz CT molecular complexity index is 441. The summed E-state index contributed by atoms with van der Waals surface area (Å²) < 4.78 is 18.8. The standard InChI is InChI=1S/C14H20FNO2/c1-14(2,16(3)4)12(17)9-10-7-6-8-11(18-5)13(10)15/h6-8H,9H2,1-5H3. The predicted molar refractivity (Wildman–Crippen MR) is 69.4 cm³/mol. The Morgan fingerprint density at radius 2 is 2.00 bits per heavy atom. The Balaban J connectivity index is 2.96. The number of nitrogens with zero attached hydrogens (tertiary/aromatic N) is 1. The third kappa shape index (κ3) is 2.88. The number of likely N-dealkylation sites (N-methyl/N-ethyl adjacent to an activating group) is 1. The molecule has 0 aliphatic heterocycles. The molecule has 0 radical (unpaired) electrons. The number of halogens is 1. The van der Waals surface area contributed by atoms with Crippen molar-refractivity contribution >= 4 is 5.78 Å². The maximum absolute atomic E-state index is 13.9. The number of carbonyl (C=O) groups excluding carboxylic acids is 1. The van der Waals surface area contributed by atoms with E-state index in [0.29, 0.717) is 5.56 Å². The van der Waals surface area contributed by atoms with Gasteiger partial charge in [0.25, 0.3) is 0 Å². The summed E-state index contributed by atoms with van der Waals surface area (Å²) >= 11 is 0. The Labute approximate surface area is 108 Å². The molecule has 0 unspecified atom stereocenters. The summed E-state index contributed by atoms with van der Waals surface area (Å²) in [4.78, 5) is 14.0. The van der Waals surface area contributed by atoms with Crippen LogP contribution < -0.4 is 4.74 Å². The van der Waals surface area contributed by atoms with Crippen LogP contribution in [-0.4, -0.2) is 37.4 Å². The molecule has 0 bridgehead atoms. The molecule has 0 saturated carbocycles. The fraction of sp³-hybridized carbons (Fsp3) is 0.500. The fourth-order valence-corrected chi connectivity index (χ4v) is 1.49. The first-order chi connectivity index (χ1) is 8.30. The van der Waals surface area contributed by atoms with Crippen LogP contribution in [0.3, 0.4) is 0 Å². The zero-order valence-corrected chi connectivity index (χ0v) is 11.6. The van der Waals surface area contributed by atoms with Gasteiger partial charge in [-0.25, -0.2) is 4.39 Å². The monoisotopic (exact) mass is 253 g/mol. The normalized spacial score (nSPS) is 11.7. The van der Waals surface area contributed by atoms with E-state index in [2.05, 4.69) is 0 Å². The fourth-order valence-electron chi connectivity index (χ4n) is 1.49.